The van der Waals surface area contributed by atoms with Crippen LogP contribution in [0.4, 0.5) is 0 Å². The molecule has 0 radical (unpaired) electrons. The fraction of sp³-hybridized carbons (Fsp3) is 0.471. The van der Waals surface area contributed by atoms with E-state index in [0.29, 0.717) is 24.5 Å². The summed E-state index contributed by atoms with van der Waals surface area (Å²) in [6.07, 6.45) is 0.700. The summed E-state index contributed by atoms with van der Waals surface area (Å²) in [6, 6.07) is 5.81. The van der Waals surface area contributed by atoms with Gasteiger partial charge in [-0.1, -0.05) is 0 Å². The maximum Gasteiger partial charge on any atom is 0.161 e. The molecule has 1 saturated heterocycles. The van der Waals surface area contributed by atoms with Crippen molar-refractivity contribution in [3.63, 3.8) is 0 Å². The number of nitrogens with zero attached hydrogens (tertiary/aromatic N) is 2. The molecule has 2 aromatic rings. The van der Waals surface area contributed by atoms with Crippen molar-refractivity contribution < 1.29 is 17.9 Å². The predicted octanol–water partition coefficient (Wildman–Crippen LogP) is 2.45. The molecular formula is C17H22N2O4S2. The fourth-order valence-corrected chi connectivity index (χ4v) is 5.60. The third-order valence-electron chi connectivity index (χ3n) is 4.43. The SMILES string of the molecule is COc1ccc(-c2nc(CN(C)C3CCS(=O)(=O)C3)cs2)cc1OC. The van der Waals surface area contributed by atoms with Gasteiger partial charge in [0.15, 0.2) is 21.3 Å². The average molecular weight is 383 g/mol. The minimum atomic E-state index is -2.87. The lowest BCUT2D eigenvalue weighted by molar-refractivity contribution is 0.251. The van der Waals surface area contributed by atoms with Crippen LogP contribution in [0.15, 0.2) is 23.6 Å². The summed E-state index contributed by atoms with van der Waals surface area (Å²) in [6.45, 7) is 0.643. The smallest absolute Gasteiger partial charge is 0.161 e. The number of aromatic nitrogens is 1. The van der Waals surface area contributed by atoms with Gasteiger partial charge in [-0.15, -0.1) is 11.3 Å². The first-order valence-corrected chi connectivity index (χ1v) is 10.7. The van der Waals surface area contributed by atoms with E-state index in [9.17, 15) is 8.42 Å². The monoisotopic (exact) mass is 382 g/mol. The number of thiazole rings is 1. The van der Waals surface area contributed by atoms with Gasteiger partial charge in [0, 0.05) is 23.5 Å². The molecule has 0 bridgehead atoms. The third-order valence-corrected chi connectivity index (χ3v) is 7.12. The molecule has 1 atom stereocenters. The summed E-state index contributed by atoms with van der Waals surface area (Å²) >= 11 is 1.57. The van der Waals surface area contributed by atoms with Crippen molar-refractivity contribution >= 4 is 21.2 Å². The normalized spacial score (nSPS) is 19.3. The number of methoxy groups -OCH3 is 2. The van der Waals surface area contributed by atoms with Crippen molar-refractivity contribution in [3.8, 4) is 22.1 Å². The van der Waals surface area contributed by atoms with Gasteiger partial charge >= 0.3 is 0 Å². The van der Waals surface area contributed by atoms with Crippen molar-refractivity contribution in [2.45, 2.75) is 19.0 Å². The van der Waals surface area contributed by atoms with E-state index in [-0.39, 0.29) is 17.5 Å². The molecule has 1 aliphatic heterocycles. The van der Waals surface area contributed by atoms with Crippen LogP contribution in [0.5, 0.6) is 11.5 Å². The molecule has 1 aromatic heterocycles. The van der Waals surface area contributed by atoms with Gasteiger partial charge in [0.25, 0.3) is 0 Å². The second-order valence-electron chi connectivity index (χ2n) is 6.19. The molecule has 8 heteroatoms. The molecule has 0 N–H and O–H groups in total. The zero-order valence-electron chi connectivity index (χ0n) is 14.6. The Bertz CT molecular complexity index is 848. The first kappa shape index (κ1) is 18.2. The molecule has 1 aliphatic rings. The van der Waals surface area contributed by atoms with Crippen molar-refractivity contribution in [2.24, 2.45) is 0 Å². The summed E-state index contributed by atoms with van der Waals surface area (Å²) < 4.78 is 33.9. The van der Waals surface area contributed by atoms with Crippen LogP contribution in [0.1, 0.15) is 12.1 Å². The highest BCUT2D eigenvalue weighted by Gasteiger charge is 2.30. The molecule has 0 aliphatic carbocycles. The second kappa shape index (κ2) is 7.31. The molecule has 0 amide bonds. The Morgan fingerprint density at radius 1 is 1.28 bits per heavy atom. The Balaban J connectivity index is 1.72. The highest BCUT2D eigenvalue weighted by molar-refractivity contribution is 7.91. The molecule has 25 heavy (non-hydrogen) atoms. The molecule has 0 saturated carbocycles. The number of sulfone groups is 1. The van der Waals surface area contributed by atoms with Crippen LogP contribution < -0.4 is 9.47 Å². The number of ether oxygens (including phenoxy) is 2. The Morgan fingerprint density at radius 3 is 2.68 bits per heavy atom. The second-order valence-corrected chi connectivity index (χ2v) is 9.27. The molecule has 136 valence electrons. The molecular weight excluding hydrogens is 360 g/mol. The fourth-order valence-electron chi connectivity index (χ4n) is 2.99. The van der Waals surface area contributed by atoms with E-state index in [1.807, 2.05) is 30.6 Å². The number of rotatable bonds is 6. The van der Waals surface area contributed by atoms with Gasteiger partial charge in [-0.05, 0) is 31.7 Å². The van der Waals surface area contributed by atoms with Crippen LogP contribution in [-0.4, -0.2) is 57.1 Å². The molecule has 1 unspecified atom stereocenters. The Kier molecular flexibility index (Phi) is 5.31. The van der Waals surface area contributed by atoms with E-state index < -0.39 is 9.84 Å². The maximum atomic E-state index is 11.6. The van der Waals surface area contributed by atoms with E-state index in [1.54, 1.807) is 25.6 Å². The predicted molar refractivity (Wildman–Crippen MR) is 99.2 cm³/mol. The van der Waals surface area contributed by atoms with E-state index in [1.165, 1.54) is 0 Å². The van der Waals surface area contributed by atoms with E-state index in [2.05, 4.69) is 4.90 Å². The van der Waals surface area contributed by atoms with Crippen LogP contribution in [0, 0.1) is 0 Å². The van der Waals surface area contributed by atoms with Crippen molar-refractivity contribution in [2.75, 3.05) is 32.8 Å². The summed E-state index contributed by atoms with van der Waals surface area (Å²) in [7, 11) is 2.31. The van der Waals surface area contributed by atoms with E-state index >= 15 is 0 Å². The molecule has 0 spiro atoms. The number of benzene rings is 1. The topological polar surface area (TPSA) is 68.7 Å². The van der Waals surface area contributed by atoms with Gasteiger partial charge in [-0.25, -0.2) is 13.4 Å². The highest BCUT2D eigenvalue weighted by Crippen LogP contribution is 2.33. The van der Waals surface area contributed by atoms with Gasteiger partial charge in [0.05, 0.1) is 31.4 Å². The Hall–Kier alpha value is -1.64. The average Bonchev–Trinajstić information content (AvgIpc) is 3.20. The first-order chi connectivity index (χ1) is 11.9. The lowest BCUT2D eigenvalue weighted by Crippen LogP contribution is -2.32. The maximum absolute atomic E-state index is 11.6. The molecule has 1 aromatic carbocycles. The van der Waals surface area contributed by atoms with E-state index in [4.69, 9.17) is 14.5 Å². The molecule has 2 heterocycles. The van der Waals surface area contributed by atoms with Gasteiger partial charge in [-0.2, -0.15) is 0 Å². The summed E-state index contributed by atoms with van der Waals surface area (Å²) in [4.78, 5) is 6.77. The van der Waals surface area contributed by atoms with Crippen molar-refractivity contribution in [1.82, 2.24) is 9.88 Å². The zero-order chi connectivity index (χ0) is 18.0. The summed E-state index contributed by atoms with van der Waals surface area (Å²) in [5.74, 6) is 1.89. The zero-order valence-corrected chi connectivity index (χ0v) is 16.2. The lowest BCUT2D eigenvalue weighted by atomic mass is 10.2. The Morgan fingerprint density at radius 2 is 2.04 bits per heavy atom. The summed E-state index contributed by atoms with van der Waals surface area (Å²) in [5, 5.41) is 2.93. The molecule has 6 nitrogen and oxygen atoms in total. The largest absolute Gasteiger partial charge is 0.493 e. The third kappa shape index (κ3) is 4.13. The lowest BCUT2D eigenvalue weighted by Gasteiger charge is -2.21. The number of hydrogen-bond donors (Lipinski definition) is 0. The minimum Gasteiger partial charge on any atom is -0.493 e. The van der Waals surface area contributed by atoms with Gasteiger partial charge in [0.1, 0.15) is 5.01 Å². The van der Waals surface area contributed by atoms with Crippen LogP contribution in [0.2, 0.25) is 0 Å². The van der Waals surface area contributed by atoms with Crippen molar-refractivity contribution in [1.29, 1.82) is 0 Å². The van der Waals surface area contributed by atoms with Crippen molar-refractivity contribution in [3.05, 3.63) is 29.3 Å². The van der Waals surface area contributed by atoms with Crippen LogP contribution >= 0.6 is 11.3 Å². The standard InChI is InChI=1S/C17H22N2O4S2/c1-19(14-6-7-25(20,21)11-14)9-13-10-24-17(18-13)12-4-5-15(22-2)16(8-12)23-3/h4-5,8,10,14H,6-7,9,11H2,1-3H3. The van der Waals surface area contributed by atoms with E-state index in [0.717, 1.165) is 16.3 Å². The van der Waals surface area contributed by atoms with Gasteiger partial charge < -0.3 is 9.47 Å². The van der Waals surface area contributed by atoms with Gasteiger partial charge in [0.2, 0.25) is 0 Å². The first-order valence-electron chi connectivity index (χ1n) is 7.99. The Labute approximate surface area is 152 Å². The van der Waals surface area contributed by atoms with Crippen LogP contribution in [0.3, 0.4) is 0 Å². The van der Waals surface area contributed by atoms with Crippen LogP contribution in [0.25, 0.3) is 10.6 Å². The van der Waals surface area contributed by atoms with Gasteiger partial charge in [-0.3, -0.25) is 4.90 Å². The quantitative estimate of drug-likeness (QED) is 0.764. The minimum absolute atomic E-state index is 0.0798. The number of hydrogen-bond acceptors (Lipinski definition) is 7. The molecule has 3 rings (SSSR count). The highest BCUT2D eigenvalue weighted by atomic mass is 32.2. The summed E-state index contributed by atoms with van der Waals surface area (Å²) in [5.41, 5.74) is 1.92. The van der Waals surface area contributed by atoms with Crippen LogP contribution in [-0.2, 0) is 16.4 Å². The molecule has 1 fully saturated rings.